The van der Waals surface area contributed by atoms with Crippen molar-refractivity contribution in [2.45, 2.75) is 11.8 Å². The highest BCUT2D eigenvalue weighted by atomic mass is 32.2. The van der Waals surface area contributed by atoms with Gasteiger partial charge in [-0.1, -0.05) is 12.1 Å². The van der Waals surface area contributed by atoms with Crippen LogP contribution in [0.2, 0.25) is 0 Å². The molecule has 0 spiro atoms. The fourth-order valence-corrected chi connectivity index (χ4v) is 4.62. The predicted molar refractivity (Wildman–Crippen MR) is 107 cm³/mol. The van der Waals surface area contributed by atoms with Crippen LogP contribution in [0.3, 0.4) is 0 Å². The fourth-order valence-electron chi connectivity index (χ4n) is 3.27. The highest BCUT2D eigenvalue weighted by molar-refractivity contribution is 7.93. The summed E-state index contributed by atoms with van der Waals surface area (Å²) in [6, 6.07) is 9.38. The van der Waals surface area contributed by atoms with Crippen LogP contribution in [0.1, 0.15) is 5.76 Å². The average molecular weight is 415 g/mol. The molecule has 0 amide bonds. The molecule has 9 heteroatoms. The second-order valence-electron chi connectivity index (χ2n) is 6.26. The van der Waals surface area contributed by atoms with E-state index in [9.17, 15) is 13.2 Å². The molecule has 0 radical (unpaired) electrons. The zero-order valence-electron chi connectivity index (χ0n) is 15.8. The van der Waals surface area contributed by atoms with E-state index < -0.39 is 15.5 Å². The Morgan fingerprint density at radius 2 is 1.79 bits per heavy atom. The maximum Gasteiger partial charge on any atom is 0.269 e. The van der Waals surface area contributed by atoms with E-state index in [2.05, 4.69) is 4.72 Å². The van der Waals surface area contributed by atoms with E-state index >= 15 is 0 Å². The van der Waals surface area contributed by atoms with Gasteiger partial charge in [0.15, 0.2) is 21.5 Å². The van der Waals surface area contributed by atoms with Gasteiger partial charge in [-0.15, -0.1) is 0 Å². The van der Waals surface area contributed by atoms with Gasteiger partial charge in [0, 0.05) is 6.07 Å². The number of anilines is 1. The number of ether oxygens (including phenoxy) is 2. The zero-order valence-corrected chi connectivity index (χ0v) is 16.6. The summed E-state index contributed by atoms with van der Waals surface area (Å²) in [5.41, 5.74) is -0.312. The molecule has 4 rings (SSSR count). The molecule has 29 heavy (non-hydrogen) atoms. The summed E-state index contributed by atoms with van der Waals surface area (Å²) in [7, 11) is -1.42. The summed E-state index contributed by atoms with van der Waals surface area (Å²) in [4.78, 5) is 12.4. The lowest BCUT2D eigenvalue weighted by Crippen LogP contribution is -2.16. The van der Waals surface area contributed by atoms with Crippen molar-refractivity contribution in [1.29, 1.82) is 0 Å². The maximum atomic E-state index is 13.4. The molecule has 1 N–H and O–H groups in total. The third-order valence-electron chi connectivity index (χ3n) is 4.44. The van der Waals surface area contributed by atoms with Crippen LogP contribution in [0, 0.1) is 6.92 Å². The molecule has 0 aliphatic heterocycles. The summed E-state index contributed by atoms with van der Waals surface area (Å²) in [6.07, 6.45) is 1.32. The van der Waals surface area contributed by atoms with E-state index in [0.29, 0.717) is 11.1 Å². The second-order valence-corrected chi connectivity index (χ2v) is 7.88. The molecule has 150 valence electrons. The van der Waals surface area contributed by atoms with Crippen molar-refractivity contribution in [3.63, 3.8) is 0 Å². The lowest BCUT2D eigenvalue weighted by molar-refractivity contribution is 0.417. The highest BCUT2D eigenvalue weighted by Crippen LogP contribution is 2.40. The number of rotatable bonds is 5. The van der Waals surface area contributed by atoms with Gasteiger partial charge in [-0.25, -0.2) is 8.42 Å². The number of sulfonamides is 1. The van der Waals surface area contributed by atoms with E-state index in [-0.39, 0.29) is 38.6 Å². The number of hydrogen-bond acceptors (Lipinski definition) is 7. The Morgan fingerprint density at radius 3 is 2.52 bits per heavy atom. The second kappa shape index (κ2) is 6.85. The summed E-state index contributed by atoms with van der Waals surface area (Å²) >= 11 is 0. The van der Waals surface area contributed by atoms with Crippen LogP contribution in [0.5, 0.6) is 11.5 Å². The van der Waals surface area contributed by atoms with Crippen LogP contribution in [-0.2, 0) is 10.0 Å². The molecular weight excluding hydrogens is 398 g/mol. The monoisotopic (exact) mass is 415 g/mol. The molecule has 0 saturated heterocycles. The van der Waals surface area contributed by atoms with Crippen molar-refractivity contribution < 1.29 is 26.7 Å². The minimum Gasteiger partial charge on any atom is -0.495 e. The van der Waals surface area contributed by atoms with E-state index in [1.165, 1.54) is 32.6 Å². The first-order valence-corrected chi connectivity index (χ1v) is 10.0. The first-order chi connectivity index (χ1) is 13.9. The van der Waals surface area contributed by atoms with Crippen LogP contribution < -0.4 is 19.6 Å². The lowest BCUT2D eigenvalue weighted by Gasteiger charge is -2.14. The Morgan fingerprint density at radius 1 is 1.03 bits per heavy atom. The molecule has 0 unspecified atom stereocenters. The molecule has 2 aromatic carbocycles. The SMILES string of the molecule is COc1ccccc1NS(=O)(=O)c1c2occc2c(OC)c2c(=O)cc(C)oc12. The smallest absolute Gasteiger partial charge is 0.269 e. The zero-order chi connectivity index (χ0) is 20.8. The minimum absolute atomic E-state index is 0.0190. The van der Waals surface area contributed by atoms with Gasteiger partial charge in [0.2, 0.25) is 0 Å². The topological polar surface area (TPSA) is 108 Å². The number of para-hydroxylation sites is 2. The van der Waals surface area contributed by atoms with Crippen LogP contribution in [0.15, 0.2) is 61.2 Å². The summed E-state index contributed by atoms with van der Waals surface area (Å²) in [5.74, 6) is 0.778. The average Bonchev–Trinajstić information content (AvgIpc) is 3.14. The molecule has 0 fully saturated rings. The van der Waals surface area contributed by atoms with Gasteiger partial charge in [0.25, 0.3) is 10.0 Å². The van der Waals surface area contributed by atoms with Crippen LogP contribution in [0.4, 0.5) is 5.69 Å². The summed E-state index contributed by atoms with van der Waals surface area (Å²) < 4.78 is 51.0. The number of fused-ring (bicyclic) bond motifs is 2. The van der Waals surface area contributed by atoms with Crippen molar-refractivity contribution in [1.82, 2.24) is 0 Å². The van der Waals surface area contributed by atoms with Gasteiger partial charge in [0.05, 0.1) is 31.6 Å². The number of methoxy groups -OCH3 is 2. The Balaban J connectivity index is 2.09. The molecule has 8 nitrogen and oxygen atoms in total. The van der Waals surface area contributed by atoms with Gasteiger partial charge in [-0.05, 0) is 25.1 Å². The van der Waals surface area contributed by atoms with Crippen LogP contribution >= 0.6 is 0 Å². The standard InChI is InChI=1S/C20H17NO7S/c1-11-10-14(22)16-17(26-3)12-8-9-27-18(12)20(19(16)28-11)29(23,24)21-13-6-4-5-7-15(13)25-2/h4-10,21H,1-3H3. The Bertz CT molecular complexity index is 1400. The molecule has 0 bridgehead atoms. The minimum atomic E-state index is -4.24. The van der Waals surface area contributed by atoms with E-state index in [1.807, 2.05) is 0 Å². The number of furan rings is 1. The largest absolute Gasteiger partial charge is 0.495 e. The van der Waals surface area contributed by atoms with Gasteiger partial charge < -0.3 is 18.3 Å². The van der Waals surface area contributed by atoms with Crippen LogP contribution in [0.25, 0.3) is 21.9 Å². The van der Waals surface area contributed by atoms with Crippen molar-refractivity contribution in [2.24, 2.45) is 0 Å². The predicted octanol–water partition coefficient (Wildman–Crippen LogP) is 3.67. The molecule has 0 atom stereocenters. The molecule has 0 saturated carbocycles. The first-order valence-electron chi connectivity index (χ1n) is 8.55. The Hall–Kier alpha value is -3.46. The molecule has 2 heterocycles. The number of hydrogen-bond donors (Lipinski definition) is 1. The van der Waals surface area contributed by atoms with Crippen LogP contribution in [-0.4, -0.2) is 22.6 Å². The highest BCUT2D eigenvalue weighted by Gasteiger charge is 2.30. The Labute approximate surface area is 165 Å². The molecule has 0 aliphatic rings. The van der Waals surface area contributed by atoms with Crippen molar-refractivity contribution in [3.05, 3.63) is 58.6 Å². The first kappa shape index (κ1) is 18.9. The normalized spacial score (nSPS) is 11.7. The third-order valence-corrected chi connectivity index (χ3v) is 5.84. The summed E-state index contributed by atoms with van der Waals surface area (Å²) in [6.45, 7) is 1.56. The van der Waals surface area contributed by atoms with Crippen molar-refractivity contribution in [2.75, 3.05) is 18.9 Å². The molecule has 0 aliphatic carbocycles. The molecule has 2 aromatic heterocycles. The maximum absolute atomic E-state index is 13.4. The van der Waals surface area contributed by atoms with Gasteiger partial charge in [0.1, 0.15) is 22.6 Å². The number of aryl methyl sites for hydroxylation is 1. The number of nitrogens with one attached hydrogen (secondary N) is 1. The lowest BCUT2D eigenvalue weighted by atomic mass is 10.1. The van der Waals surface area contributed by atoms with Gasteiger partial charge in [-0.3, -0.25) is 9.52 Å². The van der Waals surface area contributed by atoms with Crippen molar-refractivity contribution in [3.8, 4) is 11.5 Å². The van der Waals surface area contributed by atoms with E-state index in [0.717, 1.165) is 0 Å². The van der Waals surface area contributed by atoms with Gasteiger partial charge in [-0.2, -0.15) is 0 Å². The van der Waals surface area contributed by atoms with Gasteiger partial charge >= 0.3 is 0 Å². The fraction of sp³-hybridized carbons (Fsp3) is 0.150. The van der Waals surface area contributed by atoms with Crippen molar-refractivity contribution >= 4 is 37.6 Å². The number of benzene rings is 2. The Kier molecular flexibility index (Phi) is 4.46. The van der Waals surface area contributed by atoms with E-state index in [4.69, 9.17) is 18.3 Å². The molecule has 4 aromatic rings. The molecular formula is C20H17NO7S. The van der Waals surface area contributed by atoms with E-state index in [1.54, 1.807) is 31.2 Å². The quantitative estimate of drug-likeness (QED) is 0.530. The summed E-state index contributed by atoms with van der Waals surface area (Å²) in [5, 5.41) is 0.365. The third kappa shape index (κ3) is 2.99.